The minimum atomic E-state index is -3.05. The van der Waals surface area contributed by atoms with Crippen LogP contribution in [-0.4, -0.2) is 34.7 Å². The molecular formula is C9H16Cl2F2N4O. The molecule has 0 spiro atoms. The molecule has 0 aliphatic carbocycles. The van der Waals surface area contributed by atoms with Gasteiger partial charge in [0.05, 0.1) is 25.7 Å². The first-order valence-electron chi connectivity index (χ1n) is 4.75. The van der Waals surface area contributed by atoms with Gasteiger partial charge in [-0.1, -0.05) is 0 Å². The van der Waals surface area contributed by atoms with E-state index in [9.17, 15) is 13.6 Å². The number of nitrogens with one attached hydrogen (secondary N) is 1. The lowest BCUT2D eigenvalue weighted by Gasteiger charge is -2.14. The van der Waals surface area contributed by atoms with E-state index in [1.807, 2.05) is 0 Å². The summed E-state index contributed by atoms with van der Waals surface area (Å²) in [4.78, 5) is 11.3. The third kappa shape index (κ3) is 6.73. The first kappa shape index (κ1) is 19.4. The van der Waals surface area contributed by atoms with Crippen LogP contribution in [-0.2, 0) is 18.3 Å². The minimum absolute atomic E-state index is 0. The number of carbonyl (C=O) groups is 1. The Morgan fingerprint density at radius 2 is 2.17 bits per heavy atom. The molecule has 0 saturated carbocycles. The second kappa shape index (κ2) is 8.23. The van der Waals surface area contributed by atoms with Crippen LogP contribution in [0.2, 0.25) is 0 Å². The van der Waals surface area contributed by atoms with Gasteiger partial charge in [-0.25, -0.2) is 8.78 Å². The number of nitrogens with zero attached hydrogens (tertiary/aromatic N) is 2. The van der Waals surface area contributed by atoms with E-state index >= 15 is 0 Å². The molecule has 0 fully saturated rings. The van der Waals surface area contributed by atoms with Crippen LogP contribution in [0.15, 0.2) is 12.4 Å². The fraction of sp³-hybridized carbons (Fsp3) is 0.556. The molecule has 0 unspecified atom stereocenters. The fourth-order valence-electron chi connectivity index (χ4n) is 1.11. The standard InChI is InChI=1S/C9H14F2N4O.2ClH/c1-15-4-7(3-14-15)2-8(16)13-6-9(10,11)5-12;;/h3-4H,2,5-6,12H2,1H3,(H,13,16);2*1H. The molecule has 0 aliphatic heterocycles. The average molecular weight is 305 g/mol. The Hall–Kier alpha value is -0.920. The zero-order chi connectivity index (χ0) is 12.2. The van der Waals surface area contributed by atoms with Gasteiger partial charge in [0.15, 0.2) is 0 Å². The zero-order valence-corrected chi connectivity index (χ0v) is 11.4. The van der Waals surface area contributed by atoms with Crippen molar-refractivity contribution >= 4 is 30.7 Å². The molecule has 1 amide bonds. The van der Waals surface area contributed by atoms with Crippen LogP contribution in [0.5, 0.6) is 0 Å². The van der Waals surface area contributed by atoms with Crippen LogP contribution in [0, 0.1) is 0 Å². The van der Waals surface area contributed by atoms with E-state index in [1.54, 1.807) is 13.2 Å². The maximum Gasteiger partial charge on any atom is 0.277 e. The molecule has 1 heterocycles. The zero-order valence-electron chi connectivity index (χ0n) is 9.73. The number of rotatable bonds is 5. The maximum atomic E-state index is 12.7. The Labute approximate surface area is 116 Å². The van der Waals surface area contributed by atoms with Crippen LogP contribution < -0.4 is 11.1 Å². The number of aromatic nitrogens is 2. The summed E-state index contributed by atoms with van der Waals surface area (Å²) >= 11 is 0. The smallest absolute Gasteiger partial charge is 0.277 e. The number of aryl methyl sites for hydroxylation is 1. The van der Waals surface area contributed by atoms with E-state index in [1.165, 1.54) is 10.9 Å². The highest BCUT2D eigenvalue weighted by Gasteiger charge is 2.27. The van der Waals surface area contributed by atoms with Gasteiger partial charge in [0.2, 0.25) is 5.91 Å². The van der Waals surface area contributed by atoms with Crippen molar-refractivity contribution in [2.24, 2.45) is 12.8 Å². The van der Waals surface area contributed by atoms with Gasteiger partial charge in [-0.3, -0.25) is 9.48 Å². The Morgan fingerprint density at radius 1 is 1.56 bits per heavy atom. The van der Waals surface area contributed by atoms with E-state index in [-0.39, 0.29) is 31.2 Å². The van der Waals surface area contributed by atoms with Crippen LogP contribution >= 0.6 is 24.8 Å². The third-order valence-corrected chi connectivity index (χ3v) is 1.97. The summed E-state index contributed by atoms with van der Waals surface area (Å²) in [7, 11) is 1.71. The number of carbonyl (C=O) groups excluding carboxylic acids is 1. The van der Waals surface area contributed by atoms with E-state index < -0.39 is 24.9 Å². The van der Waals surface area contributed by atoms with Crippen molar-refractivity contribution in [3.8, 4) is 0 Å². The second-order valence-electron chi connectivity index (χ2n) is 3.54. The Morgan fingerprint density at radius 3 is 2.61 bits per heavy atom. The van der Waals surface area contributed by atoms with Gasteiger partial charge < -0.3 is 11.1 Å². The second-order valence-corrected chi connectivity index (χ2v) is 3.54. The number of hydrogen-bond acceptors (Lipinski definition) is 3. The number of halogens is 4. The predicted octanol–water partition coefficient (Wildman–Crippen LogP) is 0.516. The summed E-state index contributed by atoms with van der Waals surface area (Å²) < 4.78 is 26.9. The van der Waals surface area contributed by atoms with E-state index in [4.69, 9.17) is 5.73 Å². The SMILES string of the molecule is Cl.Cl.Cn1cc(CC(=O)NCC(F)(F)CN)cn1. The highest BCUT2D eigenvalue weighted by Crippen LogP contribution is 2.08. The van der Waals surface area contributed by atoms with E-state index in [2.05, 4.69) is 10.4 Å². The van der Waals surface area contributed by atoms with Gasteiger partial charge in [-0.05, 0) is 5.56 Å². The summed E-state index contributed by atoms with van der Waals surface area (Å²) in [6.07, 6.45) is 3.20. The van der Waals surface area contributed by atoms with Crippen LogP contribution in [0.4, 0.5) is 8.78 Å². The van der Waals surface area contributed by atoms with Crippen LogP contribution in [0.1, 0.15) is 5.56 Å². The Bertz CT molecular complexity index is 373. The molecule has 0 aliphatic rings. The predicted molar refractivity (Wildman–Crippen MR) is 68.4 cm³/mol. The molecule has 1 rings (SSSR count). The Balaban J connectivity index is 0. The molecule has 18 heavy (non-hydrogen) atoms. The first-order chi connectivity index (χ1) is 7.43. The molecule has 0 aromatic carbocycles. The molecule has 0 radical (unpaired) electrons. The van der Waals surface area contributed by atoms with Crippen molar-refractivity contribution in [1.82, 2.24) is 15.1 Å². The van der Waals surface area contributed by atoms with Crippen molar-refractivity contribution < 1.29 is 13.6 Å². The normalized spacial score (nSPS) is 10.2. The lowest BCUT2D eigenvalue weighted by molar-refractivity contribution is -0.122. The quantitative estimate of drug-likeness (QED) is 0.833. The van der Waals surface area contributed by atoms with Crippen molar-refractivity contribution in [2.75, 3.05) is 13.1 Å². The maximum absolute atomic E-state index is 12.7. The summed E-state index contributed by atoms with van der Waals surface area (Å²) in [5, 5.41) is 5.99. The highest BCUT2D eigenvalue weighted by molar-refractivity contribution is 5.85. The minimum Gasteiger partial charge on any atom is -0.350 e. The molecular weight excluding hydrogens is 289 g/mol. The van der Waals surface area contributed by atoms with Crippen molar-refractivity contribution in [3.05, 3.63) is 18.0 Å². The molecule has 0 saturated heterocycles. The molecule has 9 heteroatoms. The molecule has 0 bridgehead atoms. The molecule has 106 valence electrons. The molecule has 1 aromatic rings. The summed E-state index contributed by atoms with van der Waals surface area (Å²) in [5.74, 6) is -3.52. The van der Waals surface area contributed by atoms with Gasteiger partial charge in [0.25, 0.3) is 5.92 Å². The summed E-state index contributed by atoms with van der Waals surface area (Å²) in [6.45, 7) is -1.51. The van der Waals surface area contributed by atoms with Gasteiger partial charge in [0.1, 0.15) is 0 Å². The molecule has 5 nitrogen and oxygen atoms in total. The summed E-state index contributed by atoms with van der Waals surface area (Å²) in [6, 6.07) is 0. The van der Waals surface area contributed by atoms with Gasteiger partial charge >= 0.3 is 0 Å². The Kier molecular flexibility index (Phi) is 8.88. The van der Waals surface area contributed by atoms with E-state index in [0.29, 0.717) is 5.56 Å². The number of alkyl halides is 2. The van der Waals surface area contributed by atoms with Crippen molar-refractivity contribution in [3.63, 3.8) is 0 Å². The number of amides is 1. The van der Waals surface area contributed by atoms with Crippen molar-refractivity contribution in [2.45, 2.75) is 12.3 Å². The topological polar surface area (TPSA) is 72.9 Å². The highest BCUT2D eigenvalue weighted by atomic mass is 35.5. The fourth-order valence-corrected chi connectivity index (χ4v) is 1.11. The lowest BCUT2D eigenvalue weighted by atomic mass is 10.2. The average Bonchev–Trinajstić information content (AvgIpc) is 2.61. The van der Waals surface area contributed by atoms with Crippen molar-refractivity contribution in [1.29, 1.82) is 0 Å². The van der Waals surface area contributed by atoms with Crippen LogP contribution in [0.3, 0.4) is 0 Å². The third-order valence-electron chi connectivity index (χ3n) is 1.97. The molecule has 1 aromatic heterocycles. The number of nitrogens with two attached hydrogens (primary N) is 1. The van der Waals surface area contributed by atoms with Gasteiger partial charge in [0, 0.05) is 13.2 Å². The van der Waals surface area contributed by atoms with Crippen LogP contribution in [0.25, 0.3) is 0 Å². The largest absolute Gasteiger partial charge is 0.350 e. The summed E-state index contributed by atoms with van der Waals surface area (Å²) in [5.41, 5.74) is 5.51. The first-order valence-corrected chi connectivity index (χ1v) is 4.75. The molecule has 3 N–H and O–H groups in total. The van der Waals surface area contributed by atoms with Gasteiger partial charge in [-0.15, -0.1) is 24.8 Å². The molecule has 0 atom stereocenters. The lowest BCUT2D eigenvalue weighted by Crippen LogP contribution is -2.41. The number of hydrogen-bond donors (Lipinski definition) is 2. The van der Waals surface area contributed by atoms with E-state index in [0.717, 1.165) is 0 Å². The monoisotopic (exact) mass is 304 g/mol. The van der Waals surface area contributed by atoms with Gasteiger partial charge in [-0.2, -0.15) is 5.10 Å².